The smallest absolute Gasteiger partial charge is 0.324 e. The van der Waals surface area contributed by atoms with E-state index in [4.69, 9.17) is 0 Å². The van der Waals surface area contributed by atoms with Crippen LogP contribution in [0.25, 0.3) is 0 Å². The van der Waals surface area contributed by atoms with Gasteiger partial charge in [-0.1, -0.05) is 30.3 Å². The van der Waals surface area contributed by atoms with Crippen molar-refractivity contribution >= 4 is 11.9 Å². The molecule has 5 heteroatoms. The number of hydrogen-bond donors (Lipinski definition) is 1. The van der Waals surface area contributed by atoms with Gasteiger partial charge in [0, 0.05) is 19.6 Å². The molecule has 3 rings (SSSR count). The van der Waals surface area contributed by atoms with Crippen molar-refractivity contribution in [2.75, 3.05) is 26.2 Å². The first-order valence-electron chi connectivity index (χ1n) is 7.89. The van der Waals surface area contributed by atoms with E-state index in [0.29, 0.717) is 12.5 Å². The second kappa shape index (κ2) is 5.72. The second-order valence-electron chi connectivity index (χ2n) is 6.71. The molecule has 1 atom stereocenters. The Bertz CT molecular complexity index is 571. The fourth-order valence-corrected chi connectivity index (χ4v) is 3.30. The molecule has 3 amide bonds. The van der Waals surface area contributed by atoms with Gasteiger partial charge in [-0.05, 0) is 38.3 Å². The summed E-state index contributed by atoms with van der Waals surface area (Å²) in [6.45, 7) is 6.72. The molecule has 1 aromatic rings. The van der Waals surface area contributed by atoms with E-state index in [-0.39, 0.29) is 11.9 Å². The van der Waals surface area contributed by atoms with Crippen LogP contribution in [-0.2, 0) is 4.79 Å². The lowest BCUT2D eigenvalue weighted by molar-refractivity contribution is -0.130. The number of imide groups is 1. The number of likely N-dealkylation sites (tertiary alicyclic amines) is 1. The van der Waals surface area contributed by atoms with Gasteiger partial charge in [0.2, 0.25) is 0 Å². The average Bonchev–Trinajstić information content (AvgIpc) is 3.03. The van der Waals surface area contributed by atoms with Crippen LogP contribution < -0.4 is 5.32 Å². The van der Waals surface area contributed by atoms with Crippen LogP contribution >= 0.6 is 0 Å². The van der Waals surface area contributed by atoms with Crippen molar-refractivity contribution < 1.29 is 9.59 Å². The summed E-state index contributed by atoms with van der Waals surface area (Å²) in [6, 6.07) is 10.3. The van der Waals surface area contributed by atoms with Crippen molar-refractivity contribution in [1.82, 2.24) is 15.1 Å². The third kappa shape index (κ3) is 2.86. The van der Waals surface area contributed by atoms with Gasteiger partial charge < -0.3 is 10.2 Å². The summed E-state index contributed by atoms with van der Waals surface area (Å²) in [5.41, 5.74) is 0.607. The molecule has 2 heterocycles. The van der Waals surface area contributed by atoms with Gasteiger partial charge in [-0.2, -0.15) is 0 Å². The molecular weight excluding hydrogens is 278 g/mol. The van der Waals surface area contributed by atoms with Gasteiger partial charge in [0.1, 0.15) is 5.54 Å². The first-order valence-corrected chi connectivity index (χ1v) is 7.89. The lowest BCUT2D eigenvalue weighted by Gasteiger charge is -2.20. The average molecular weight is 301 g/mol. The predicted molar refractivity (Wildman–Crippen MR) is 84.6 cm³/mol. The third-order valence-corrected chi connectivity index (χ3v) is 4.63. The van der Waals surface area contributed by atoms with Gasteiger partial charge in [0.15, 0.2) is 0 Å². The Hall–Kier alpha value is -1.88. The van der Waals surface area contributed by atoms with Crippen LogP contribution in [-0.4, -0.2) is 53.5 Å². The molecule has 1 unspecified atom stereocenters. The Balaban J connectivity index is 1.53. The molecule has 2 aliphatic rings. The van der Waals surface area contributed by atoms with E-state index in [2.05, 4.69) is 34.5 Å². The Morgan fingerprint density at radius 3 is 2.55 bits per heavy atom. The highest BCUT2D eigenvalue weighted by atomic mass is 16.2. The minimum absolute atomic E-state index is 0.128. The van der Waals surface area contributed by atoms with Crippen LogP contribution in [0.5, 0.6) is 0 Å². The highest BCUT2D eigenvalue weighted by Gasteiger charge is 2.44. The fraction of sp³-hybridized carbons (Fsp3) is 0.529. The number of carbonyl (C=O) groups excluding carboxylic acids is 2. The summed E-state index contributed by atoms with van der Waals surface area (Å²) in [6.07, 6.45) is 1.13. The monoisotopic (exact) mass is 301 g/mol. The molecule has 0 saturated carbocycles. The Morgan fingerprint density at radius 2 is 1.91 bits per heavy atom. The van der Waals surface area contributed by atoms with E-state index in [0.717, 1.165) is 26.1 Å². The first-order chi connectivity index (χ1) is 10.5. The Kier molecular flexibility index (Phi) is 3.91. The maximum absolute atomic E-state index is 12.2. The van der Waals surface area contributed by atoms with Crippen LogP contribution in [0, 0.1) is 0 Å². The number of urea groups is 1. The fourth-order valence-electron chi connectivity index (χ4n) is 3.30. The molecule has 2 fully saturated rings. The molecule has 2 aliphatic heterocycles. The van der Waals surface area contributed by atoms with Crippen molar-refractivity contribution in [1.29, 1.82) is 0 Å². The van der Waals surface area contributed by atoms with Crippen molar-refractivity contribution in [3.63, 3.8) is 0 Å². The molecule has 0 spiro atoms. The number of rotatable bonds is 4. The van der Waals surface area contributed by atoms with Gasteiger partial charge in [0.05, 0.1) is 0 Å². The molecule has 118 valence electrons. The zero-order valence-electron chi connectivity index (χ0n) is 13.2. The van der Waals surface area contributed by atoms with E-state index in [9.17, 15) is 9.59 Å². The molecule has 22 heavy (non-hydrogen) atoms. The summed E-state index contributed by atoms with van der Waals surface area (Å²) in [5, 5.41) is 2.72. The lowest BCUT2D eigenvalue weighted by Crippen LogP contribution is -2.41. The van der Waals surface area contributed by atoms with Gasteiger partial charge in [-0.15, -0.1) is 0 Å². The molecule has 0 aliphatic carbocycles. The number of amides is 3. The number of benzene rings is 1. The van der Waals surface area contributed by atoms with Gasteiger partial charge in [0.25, 0.3) is 5.91 Å². The maximum atomic E-state index is 12.2. The second-order valence-corrected chi connectivity index (χ2v) is 6.71. The quantitative estimate of drug-likeness (QED) is 0.863. The zero-order valence-corrected chi connectivity index (χ0v) is 13.2. The van der Waals surface area contributed by atoms with Gasteiger partial charge in [-0.25, -0.2) is 4.79 Å². The first kappa shape index (κ1) is 15.0. The van der Waals surface area contributed by atoms with Crippen LogP contribution in [0.3, 0.4) is 0 Å². The number of hydrogen-bond acceptors (Lipinski definition) is 3. The largest absolute Gasteiger partial charge is 0.325 e. The molecule has 0 bridgehead atoms. The number of carbonyl (C=O) groups is 2. The van der Waals surface area contributed by atoms with Crippen LogP contribution in [0.4, 0.5) is 4.79 Å². The molecule has 2 saturated heterocycles. The minimum Gasteiger partial charge on any atom is -0.324 e. The van der Waals surface area contributed by atoms with Crippen molar-refractivity contribution in [3.8, 4) is 0 Å². The molecular formula is C17H23N3O2. The Labute approximate surface area is 131 Å². The van der Waals surface area contributed by atoms with Crippen molar-refractivity contribution in [2.45, 2.75) is 31.7 Å². The Morgan fingerprint density at radius 1 is 1.18 bits per heavy atom. The molecule has 5 nitrogen and oxygen atoms in total. The molecule has 0 radical (unpaired) electrons. The zero-order chi connectivity index (χ0) is 15.7. The van der Waals surface area contributed by atoms with Crippen LogP contribution in [0.2, 0.25) is 0 Å². The standard InChI is InChI=1S/C17H23N3O2/c1-17(2)15(21)20(16(22)18-17)11-10-19-9-8-14(12-19)13-6-4-3-5-7-13/h3-7,14H,8-12H2,1-2H3,(H,18,22). The summed E-state index contributed by atoms with van der Waals surface area (Å²) in [7, 11) is 0. The van der Waals surface area contributed by atoms with Gasteiger partial charge >= 0.3 is 6.03 Å². The lowest BCUT2D eigenvalue weighted by atomic mass is 9.99. The van der Waals surface area contributed by atoms with Gasteiger partial charge in [-0.3, -0.25) is 9.69 Å². The summed E-state index contributed by atoms with van der Waals surface area (Å²) in [4.78, 5) is 27.7. The summed E-state index contributed by atoms with van der Waals surface area (Å²) in [5.74, 6) is 0.428. The number of nitrogens with one attached hydrogen (secondary N) is 1. The summed E-state index contributed by atoms with van der Waals surface area (Å²) < 4.78 is 0. The highest BCUT2D eigenvalue weighted by molar-refractivity contribution is 6.06. The van der Waals surface area contributed by atoms with E-state index in [1.165, 1.54) is 10.5 Å². The minimum atomic E-state index is -0.769. The van der Waals surface area contributed by atoms with E-state index < -0.39 is 5.54 Å². The van der Waals surface area contributed by atoms with Crippen LogP contribution in [0.15, 0.2) is 30.3 Å². The SMILES string of the molecule is CC1(C)NC(=O)N(CCN2CCC(c3ccccc3)C2)C1=O. The van der Waals surface area contributed by atoms with E-state index in [1.54, 1.807) is 13.8 Å². The molecule has 0 aromatic heterocycles. The molecule has 1 aromatic carbocycles. The maximum Gasteiger partial charge on any atom is 0.325 e. The van der Waals surface area contributed by atoms with E-state index in [1.807, 2.05) is 6.07 Å². The molecule has 1 N–H and O–H groups in total. The van der Waals surface area contributed by atoms with Crippen molar-refractivity contribution in [3.05, 3.63) is 35.9 Å². The summed E-state index contributed by atoms with van der Waals surface area (Å²) >= 11 is 0. The predicted octanol–water partition coefficient (Wildman–Crippen LogP) is 1.81. The number of nitrogens with zero attached hydrogens (tertiary/aromatic N) is 2. The topological polar surface area (TPSA) is 52.7 Å². The van der Waals surface area contributed by atoms with Crippen molar-refractivity contribution in [2.24, 2.45) is 0 Å². The van der Waals surface area contributed by atoms with Crippen LogP contribution in [0.1, 0.15) is 31.7 Å². The van der Waals surface area contributed by atoms with E-state index >= 15 is 0 Å². The third-order valence-electron chi connectivity index (χ3n) is 4.63. The highest BCUT2D eigenvalue weighted by Crippen LogP contribution is 2.27. The normalized spacial score (nSPS) is 24.8.